The third-order valence-corrected chi connectivity index (χ3v) is 4.52. The van der Waals surface area contributed by atoms with Gasteiger partial charge in [-0.25, -0.2) is 9.67 Å². The summed E-state index contributed by atoms with van der Waals surface area (Å²) in [5.41, 5.74) is 7.47. The van der Waals surface area contributed by atoms with Gasteiger partial charge >= 0.3 is 0 Å². The maximum atomic E-state index is 9.19. The quantitative estimate of drug-likeness (QED) is 0.584. The Labute approximate surface area is 123 Å². The molecular formula is C15H9N5S. The van der Waals surface area contributed by atoms with Crippen molar-refractivity contribution < 1.29 is 0 Å². The van der Waals surface area contributed by atoms with E-state index in [9.17, 15) is 5.26 Å². The molecule has 0 aliphatic heterocycles. The first-order valence-corrected chi connectivity index (χ1v) is 7.11. The standard InChI is InChI=1S/C15H9N5S/c16-6-10-7-18-15(17)11-5-13(21-14(10)11)20-12-4-2-1-3-9(12)8-19-20/h1-5,7-8H,(H2,17,18). The summed E-state index contributed by atoms with van der Waals surface area (Å²) in [6.45, 7) is 0. The first kappa shape index (κ1) is 11.9. The second-order valence-electron chi connectivity index (χ2n) is 4.61. The van der Waals surface area contributed by atoms with Crippen molar-refractivity contribution >= 4 is 38.1 Å². The van der Waals surface area contributed by atoms with E-state index in [1.807, 2.05) is 41.2 Å². The number of benzene rings is 1. The molecule has 0 saturated heterocycles. The van der Waals surface area contributed by atoms with Crippen molar-refractivity contribution in [2.75, 3.05) is 5.73 Å². The molecule has 0 unspecified atom stereocenters. The zero-order valence-corrected chi connectivity index (χ0v) is 11.6. The number of aromatic nitrogens is 3. The molecule has 3 aromatic heterocycles. The topological polar surface area (TPSA) is 80.5 Å². The molecule has 0 atom stereocenters. The van der Waals surface area contributed by atoms with Crippen LogP contribution < -0.4 is 5.73 Å². The smallest absolute Gasteiger partial charge is 0.132 e. The lowest BCUT2D eigenvalue weighted by atomic mass is 10.2. The zero-order chi connectivity index (χ0) is 14.4. The van der Waals surface area contributed by atoms with Gasteiger partial charge in [-0.3, -0.25) is 0 Å². The molecule has 2 N–H and O–H groups in total. The molecule has 21 heavy (non-hydrogen) atoms. The van der Waals surface area contributed by atoms with Crippen LogP contribution in [0.3, 0.4) is 0 Å². The summed E-state index contributed by atoms with van der Waals surface area (Å²) in [5, 5.41) is 16.4. The summed E-state index contributed by atoms with van der Waals surface area (Å²) < 4.78 is 2.71. The highest BCUT2D eigenvalue weighted by molar-refractivity contribution is 7.21. The third kappa shape index (κ3) is 1.68. The van der Waals surface area contributed by atoms with Crippen molar-refractivity contribution in [3.63, 3.8) is 0 Å². The molecular weight excluding hydrogens is 282 g/mol. The Morgan fingerprint density at radius 3 is 2.95 bits per heavy atom. The van der Waals surface area contributed by atoms with Crippen LogP contribution in [0.2, 0.25) is 0 Å². The van der Waals surface area contributed by atoms with Crippen molar-refractivity contribution in [1.29, 1.82) is 5.26 Å². The minimum Gasteiger partial charge on any atom is -0.383 e. The van der Waals surface area contributed by atoms with Crippen LogP contribution in [0.1, 0.15) is 5.56 Å². The number of rotatable bonds is 1. The largest absolute Gasteiger partial charge is 0.383 e. The molecule has 100 valence electrons. The number of nitriles is 1. The molecule has 0 spiro atoms. The monoisotopic (exact) mass is 291 g/mol. The number of anilines is 1. The van der Waals surface area contributed by atoms with E-state index in [0.29, 0.717) is 11.4 Å². The van der Waals surface area contributed by atoms with Crippen LogP contribution in [0.25, 0.3) is 26.0 Å². The van der Waals surface area contributed by atoms with Gasteiger partial charge in [0.15, 0.2) is 0 Å². The average Bonchev–Trinajstić information content (AvgIpc) is 3.11. The molecule has 1 aromatic carbocycles. The van der Waals surface area contributed by atoms with Gasteiger partial charge in [-0.15, -0.1) is 11.3 Å². The molecule has 0 aliphatic carbocycles. The van der Waals surface area contributed by atoms with Crippen molar-refractivity contribution in [1.82, 2.24) is 14.8 Å². The molecule has 0 fully saturated rings. The van der Waals surface area contributed by atoms with Crippen molar-refractivity contribution in [3.05, 3.63) is 48.3 Å². The summed E-state index contributed by atoms with van der Waals surface area (Å²) in [5.74, 6) is 0.433. The first-order valence-electron chi connectivity index (χ1n) is 6.29. The van der Waals surface area contributed by atoms with E-state index in [-0.39, 0.29) is 0 Å². The number of para-hydroxylation sites is 1. The van der Waals surface area contributed by atoms with Crippen LogP contribution in [0.4, 0.5) is 5.82 Å². The van der Waals surface area contributed by atoms with Crippen LogP contribution >= 0.6 is 11.3 Å². The highest BCUT2D eigenvalue weighted by atomic mass is 32.1. The van der Waals surface area contributed by atoms with Crippen LogP contribution in [-0.2, 0) is 0 Å². The number of hydrogen-bond acceptors (Lipinski definition) is 5. The lowest BCUT2D eigenvalue weighted by molar-refractivity contribution is 0.929. The predicted octanol–water partition coefficient (Wildman–Crippen LogP) is 3.09. The molecule has 3 heterocycles. The summed E-state index contributed by atoms with van der Waals surface area (Å²) in [6.07, 6.45) is 3.34. The lowest BCUT2D eigenvalue weighted by Gasteiger charge is -1.98. The second kappa shape index (κ2) is 4.30. The average molecular weight is 291 g/mol. The minimum atomic E-state index is 0.433. The Kier molecular flexibility index (Phi) is 2.43. The van der Waals surface area contributed by atoms with E-state index in [1.165, 1.54) is 17.5 Å². The van der Waals surface area contributed by atoms with Gasteiger partial charge < -0.3 is 5.73 Å². The number of pyridine rings is 1. The minimum absolute atomic E-state index is 0.433. The zero-order valence-electron chi connectivity index (χ0n) is 10.8. The number of thiophene rings is 1. The van der Waals surface area contributed by atoms with Gasteiger partial charge in [0.1, 0.15) is 16.9 Å². The number of hydrogen-bond donors (Lipinski definition) is 1. The van der Waals surface area contributed by atoms with Crippen LogP contribution in [0, 0.1) is 11.3 Å². The van der Waals surface area contributed by atoms with Gasteiger partial charge in [0.2, 0.25) is 0 Å². The SMILES string of the molecule is N#Cc1cnc(N)c2cc(-n3ncc4ccccc43)sc12. The van der Waals surface area contributed by atoms with Crippen LogP contribution in [0.5, 0.6) is 0 Å². The van der Waals surface area contributed by atoms with E-state index >= 15 is 0 Å². The van der Waals surface area contributed by atoms with E-state index in [1.54, 1.807) is 0 Å². The van der Waals surface area contributed by atoms with E-state index in [4.69, 9.17) is 5.73 Å². The Hall–Kier alpha value is -2.91. The van der Waals surface area contributed by atoms with E-state index < -0.39 is 0 Å². The molecule has 0 amide bonds. The van der Waals surface area contributed by atoms with Crippen LogP contribution in [-0.4, -0.2) is 14.8 Å². The van der Waals surface area contributed by atoms with Gasteiger partial charge in [-0.05, 0) is 12.1 Å². The predicted molar refractivity (Wildman–Crippen MR) is 83.4 cm³/mol. The fourth-order valence-corrected chi connectivity index (χ4v) is 3.46. The molecule has 5 nitrogen and oxygen atoms in total. The molecule has 0 saturated carbocycles. The molecule has 0 radical (unpaired) electrons. The molecule has 4 rings (SSSR count). The van der Waals surface area contributed by atoms with Gasteiger partial charge in [-0.2, -0.15) is 10.4 Å². The van der Waals surface area contributed by atoms with E-state index in [2.05, 4.69) is 16.2 Å². The Morgan fingerprint density at radius 1 is 1.24 bits per heavy atom. The number of nitrogens with zero attached hydrogens (tertiary/aromatic N) is 4. The highest BCUT2D eigenvalue weighted by Crippen LogP contribution is 2.34. The van der Waals surface area contributed by atoms with Crippen molar-refractivity contribution in [2.45, 2.75) is 0 Å². The molecule has 4 aromatic rings. The highest BCUT2D eigenvalue weighted by Gasteiger charge is 2.13. The third-order valence-electron chi connectivity index (χ3n) is 3.38. The first-order chi connectivity index (χ1) is 10.3. The lowest BCUT2D eigenvalue weighted by Crippen LogP contribution is -1.92. The number of fused-ring (bicyclic) bond motifs is 2. The summed E-state index contributed by atoms with van der Waals surface area (Å²) in [4.78, 5) is 4.07. The molecule has 0 bridgehead atoms. The summed E-state index contributed by atoms with van der Waals surface area (Å²) in [7, 11) is 0. The van der Waals surface area contributed by atoms with E-state index in [0.717, 1.165) is 26.0 Å². The summed E-state index contributed by atoms with van der Waals surface area (Å²) in [6, 6.07) is 12.1. The Bertz CT molecular complexity index is 1020. The normalized spacial score (nSPS) is 11.0. The Balaban J connectivity index is 2.04. The van der Waals surface area contributed by atoms with Gasteiger partial charge in [0, 0.05) is 17.0 Å². The number of nitrogen functional groups attached to an aromatic ring is 1. The van der Waals surface area contributed by atoms with Crippen molar-refractivity contribution in [2.24, 2.45) is 0 Å². The fourth-order valence-electron chi connectivity index (χ4n) is 2.36. The van der Waals surface area contributed by atoms with Gasteiger partial charge in [-0.1, -0.05) is 18.2 Å². The fraction of sp³-hybridized carbons (Fsp3) is 0. The van der Waals surface area contributed by atoms with Gasteiger partial charge in [0.05, 0.1) is 22.0 Å². The second-order valence-corrected chi connectivity index (χ2v) is 5.64. The molecule has 0 aliphatic rings. The Morgan fingerprint density at radius 2 is 2.10 bits per heavy atom. The molecule has 6 heteroatoms. The van der Waals surface area contributed by atoms with Crippen LogP contribution in [0.15, 0.2) is 42.7 Å². The maximum Gasteiger partial charge on any atom is 0.132 e. The van der Waals surface area contributed by atoms with Gasteiger partial charge in [0.25, 0.3) is 0 Å². The maximum absolute atomic E-state index is 9.19. The summed E-state index contributed by atoms with van der Waals surface area (Å²) >= 11 is 1.49. The number of nitrogens with two attached hydrogens (primary N) is 1. The van der Waals surface area contributed by atoms with Crippen molar-refractivity contribution in [3.8, 4) is 11.1 Å².